The van der Waals surface area contributed by atoms with Crippen molar-refractivity contribution in [2.24, 2.45) is 5.92 Å². The Morgan fingerprint density at radius 2 is 2.00 bits per heavy atom. The molecule has 14 heavy (non-hydrogen) atoms. The Bertz CT molecular complexity index is 206. The van der Waals surface area contributed by atoms with Crippen molar-refractivity contribution in [1.82, 2.24) is 9.80 Å². The van der Waals surface area contributed by atoms with Crippen LogP contribution in [0, 0.1) is 5.92 Å². The van der Waals surface area contributed by atoms with Gasteiger partial charge in [-0.3, -0.25) is 4.79 Å². The molecule has 80 valence electrons. The van der Waals surface area contributed by atoms with Gasteiger partial charge in [0.05, 0.1) is 12.5 Å². The molecule has 0 N–H and O–H groups in total. The van der Waals surface area contributed by atoms with E-state index < -0.39 is 0 Å². The van der Waals surface area contributed by atoms with E-state index in [1.54, 1.807) is 0 Å². The lowest BCUT2D eigenvalue weighted by Crippen LogP contribution is -2.49. The van der Waals surface area contributed by atoms with Crippen molar-refractivity contribution in [3.05, 3.63) is 0 Å². The predicted octanol–water partition coefficient (Wildman–Crippen LogP) is -0.203. The van der Waals surface area contributed by atoms with E-state index in [4.69, 9.17) is 4.74 Å². The number of piperazine rings is 1. The van der Waals surface area contributed by atoms with Crippen LogP contribution < -0.4 is 0 Å². The van der Waals surface area contributed by atoms with Crippen LogP contribution in [-0.2, 0) is 9.53 Å². The van der Waals surface area contributed by atoms with Gasteiger partial charge in [-0.25, -0.2) is 0 Å². The number of hydrogen-bond donors (Lipinski definition) is 0. The van der Waals surface area contributed by atoms with Gasteiger partial charge in [-0.1, -0.05) is 0 Å². The Morgan fingerprint density at radius 1 is 1.29 bits per heavy atom. The molecule has 4 heteroatoms. The Morgan fingerprint density at radius 3 is 2.57 bits per heavy atom. The second kappa shape index (κ2) is 4.28. The summed E-state index contributed by atoms with van der Waals surface area (Å²) in [5.41, 5.74) is 0. The highest BCUT2D eigenvalue weighted by atomic mass is 16.5. The molecule has 2 rings (SSSR count). The molecule has 0 aromatic rings. The van der Waals surface area contributed by atoms with Crippen LogP contribution in [0.3, 0.4) is 0 Å². The van der Waals surface area contributed by atoms with Crippen molar-refractivity contribution in [1.29, 1.82) is 0 Å². The number of carbonyl (C=O) groups excluding carboxylic acids is 1. The Labute approximate surface area is 84.8 Å². The van der Waals surface area contributed by atoms with E-state index in [2.05, 4.69) is 11.9 Å². The molecule has 1 atom stereocenters. The quantitative estimate of drug-likeness (QED) is 0.585. The highest BCUT2D eigenvalue weighted by Gasteiger charge is 2.29. The third kappa shape index (κ3) is 2.07. The number of ether oxygens (including phenoxy) is 1. The van der Waals surface area contributed by atoms with Crippen LogP contribution in [0.4, 0.5) is 0 Å². The van der Waals surface area contributed by atoms with Crippen LogP contribution in [0.1, 0.15) is 6.42 Å². The van der Waals surface area contributed by atoms with E-state index in [1.165, 1.54) is 0 Å². The van der Waals surface area contributed by atoms with Crippen molar-refractivity contribution < 1.29 is 9.53 Å². The largest absolute Gasteiger partial charge is 0.381 e. The number of rotatable bonds is 1. The van der Waals surface area contributed by atoms with Gasteiger partial charge in [0.2, 0.25) is 5.91 Å². The molecule has 4 nitrogen and oxygen atoms in total. The first-order valence-corrected chi connectivity index (χ1v) is 5.32. The van der Waals surface area contributed by atoms with Crippen LogP contribution in [0.25, 0.3) is 0 Å². The van der Waals surface area contributed by atoms with E-state index in [0.717, 1.165) is 39.2 Å². The van der Waals surface area contributed by atoms with Crippen molar-refractivity contribution in [3.63, 3.8) is 0 Å². The third-order valence-electron chi connectivity index (χ3n) is 3.09. The smallest absolute Gasteiger partial charge is 0.228 e. The first kappa shape index (κ1) is 9.93. The van der Waals surface area contributed by atoms with Crippen LogP contribution in [0.15, 0.2) is 0 Å². The molecule has 2 fully saturated rings. The third-order valence-corrected chi connectivity index (χ3v) is 3.09. The zero-order valence-electron chi connectivity index (χ0n) is 8.74. The second-order valence-corrected chi connectivity index (χ2v) is 4.19. The SMILES string of the molecule is CN1CCN(C(=O)C2CCOC2)CC1. The number of nitrogens with zero attached hydrogens (tertiary/aromatic N) is 2. The van der Waals surface area contributed by atoms with Gasteiger partial charge in [-0.15, -0.1) is 0 Å². The summed E-state index contributed by atoms with van der Waals surface area (Å²) in [7, 11) is 2.10. The molecule has 0 bridgehead atoms. The van der Waals surface area contributed by atoms with E-state index >= 15 is 0 Å². The summed E-state index contributed by atoms with van der Waals surface area (Å²) >= 11 is 0. The van der Waals surface area contributed by atoms with Gasteiger partial charge >= 0.3 is 0 Å². The average Bonchev–Trinajstić information content (AvgIpc) is 2.71. The summed E-state index contributed by atoms with van der Waals surface area (Å²) in [6, 6.07) is 0. The van der Waals surface area contributed by atoms with E-state index in [1.807, 2.05) is 4.90 Å². The highest BCUT2D eigenvalue weighted by molar-refractivity contribution is 5.79. The summed E-state index contributed by atoms with van der Waals surface area (Å²) in [5, 5.41) is 0. The molecule has 0 aromatic carbocycles. The minimum atomic E-state index is 0.137. The predicted molar refractivity (Wildman–Crippen MR) is 53.0 cm³/mol. The van der Waals surface area contributed by atoms with Gasteiger partial charge in [0.25, 0.3) is 0 Å². The topological polar surface area (TPSA) is 32.8 Å². The zero-order chi connectivity index (χ0) is 9.97. The fraction of sp³-hybridized carbons (Fsp3) is 0.900. The minimum absolute atomic E-state index is 0.137. The van der Waals surface area contributed by atoms with Gasteiger partial charge in [-0.2, -0.15) is 0 Å². The summed E-state index contributed by atoms with van der Waals surface area (Å²) in [6.07, 6.45) is 0.908. The molecule has 0 radical (unpaired) electrons. The Balaban J connectivity index is 1.85. The van der Waals surface area contributed by atoms with Crippen molar-refractivity contribution in [2.75, 3.05) is 46.4 Å². The van der Waals surface area contributed by atoms with Crippen molar-refractivity contribution >= 4 is 5.91 Å². The maximum atomic E-state index is 11.9. The maximum absolute atomic E-state index is 11.9. The van der Waals surface area contributed by atoms with Gasteiger partial charge in [0.1, 0.15) is 0 Å². The molecular formula is C10H18N2O2. The van der Waals surface area contributed by atoms with Crippen LogP contribution >= 0.6 is 0 Å². The summed E-state index contributed by atoms with van der Waals surface area (Å²) in [6.45, 7) is 5.14. The van der Waals surface area contributed by atoms with Crippen molar-refractivity contribution in [3.8, 4) is 0 Å². The zero-order valence-corrected chi connectivity index (χ0v) is 8.74. The Kier molecular flexibility index (Phi) is 3.03. The monoisotopic (exact) mass is 198 g/mol. The highest BCUT2D eigenvalue weighted by Crippen LogP contribution is 2.16. The molecule has 2 aliphatic rings. The summed E-state index contributed by atoms with van der Waals surface area (Å²) in [4.78, 5) is 16.2. The molecule has 2 heterocycles. The van der Waals surface area contributed by atoms with Gasteiger partial charge < -0.3 is 14.5 Å². The van der Waals surface area contributed by atoms with Crippen molar-refractivity contribution in [2.45, 2.75) is 6.42 Å². The number of likely N-dealkylation sites (N-methyl/N-ethyl adjacent to an activating group) is 1. The molecule has 2 aliphatic heterocycles. The molecule has 1 amide bonds. The average molecular weight is 198 g/mol. The number of carbonyl (C=O) groups is 1. The number of hydrogen-bond acceptors (Lipinski definition) is 3. The van der Waals surface area contributed by atoms with E-state index in [-0.39, 0.29) is 5.92 Å². The van der Waals surface area contributed by atoms with Gasteiger partial charge in [-0.05, 0) is 13.5 Å². The lowest BCUT2D eigenvalue weighted by atomic mass is 10.1. The molecule has 0 saturated carbocycles. The number of amides is 1. The Hall–Kier alpha value is -0.610. The second-order valence-electron chi connectivity index (χ2n) is 4.19. The molecule has 2 saturated heterocycles. The van der Waals surface area contributed by atoms with Crippen LogP contribution in [-0.4, -0.2) is 62.1 Å². The van der Waals surface area contributed by atoms with E-state index in [9.17, 15) is 4.79 Å². The van der Waals surface area contributed by atoms with Gasteiger partial charge in [0, 0.05) is 32.8 Å². The van der Waals surface area contributed by atoms with Crippen LogP contribution in [0.2, 0.25) is 0 Å². The fourth-order valence-corrected chi connectivity index (χ4v) is 2.01. The first-order chi connectivity index (χ1) is 6.77. The fourth-order valence-electron chi connectivity index (χ4n) is 2.01. The summed E-state index contributed by atoms with van der Waals surface area (Å²) in [5.74, 6) is 0.439. The molecule has 1 unspecified atom stereocenters. The van der Waals surface area contributed by atoms with Gasteiger partial charge in [0.15, 0.2) is 0 Å². The minimum Gasteiger partial charge on any atom is -0.381 e. The molecule has 0 aliphatic carbocycles. The van der Waals surface area contributed by atoms with E-state index in [0.29, 0.717) is 12.5 Å². The lowest BCUT2D eigenvalue weighted by molar-refractivity contribution is -0.137. The molecular weight excluding hydrogens is 180 g/mol. The van der Waals surface area contributed by atoms with Crippen LogP contribution in [0.5, 0.6) is 0 Å². The molecule has 0 spiro atoms. The summed E-state index contributed by atoms with van der Waals surface area (Å²) < 4.78 is 5.23. The standard InChI is InChI=1S/C10H18N2O2/c1-11-3-5-12(6-4-11)10(13)9-2-7-14-8-9/h9H,2-8H2,1H3. The maximum Gasteiger partial charge on any atom is 0.228 e. The molecule has 0 aromatic heterocycles. The lowest BCUT2D eigenvalue weighted by Gasteiger charge is -2.33. The first-order valence-electron chi connectivity index (χ1n) is 5.32. The normalized spacial score (nSPS) is 29.5.